The van der Waals surface area contributed by atoms with Crippen LogP contribution in [0.2, 0.25) is 0 Å². The van der Waals surface area contributed by atoms with Gasteiger partial charge in [0, 0.05) is 36.6 Å². The minimum atomic E-state index is -0.983. The maximum Gasteiger partial charge on any atom is 0.414 e. The molecule has 0 radical (unpaired) electrons. The van der Waals surface area contributed by atoms with Crippen LogP contribution in [0.3, 0.4) is 0 Å². The number of fused-ring (bicyclic) bond motifs is 4. The summed E-state index contributed by atoms with van der Waals surface area (Å²) in [5, 5.41) is 15.8. The van der Waals surface area contributed by atoms with Crippen molar-refractivity contribution in [3.8, 4) is 23.0 Å². The van der Waals surface area contributed by atoms with Crippen LogP contribution in [0.1, 0.15) is 105 Å². The molecule has 0 spiro atoms. The molecule has 10 amide bonds. The first-order valence-electron chi connectivity index (χ1n) is 33.3. The molecule has 2 saturated heterocycles. The molecule has 28 nitrogen and oxygen atoms in total. The molecule has 28 heteroatoms. The number of nitrogens with one attached hydrogen (secondary N) is 6. The van der Waals surface area contributed by atoms with Crippen LogP contribution in [-0.4, -0.2) is 173 Å². The van der Waals surface area contributed by atoms with Crippen LogP contribution in [0.25, 0.3) is 0 Å². The van der Waals surface area contributed by atoms with Gasteiger partial charge in [-0.2, -0.15) is 0 Å². The van der Waals surface area contributed by atoms with Gasteiger partial charge in [0.25, 0.3) is 11.8 Å². The van der Waals surface area contributed by atoms with Gasteiger partial charge in [-0.25, -0.2) is 19.2 Å². The van der Waals surface area contributed by atoms with Crippen molar-refractivity contribution in [2.45, 2.75) is 123 Å². The smallest absolute Gasteiger partial charge is 0.414 e. The molecule has 2 fully saturated rings. The number of nitrogens with zero attached hydrogens (tertiary/aromatic N) is 4. The lowest BCUT2D eigenvalue weighted by Crippen LogP contribution is -2.53. The number of amides is 10. The average Bonchev–Trinajstić information content (AvgIpc) is 1.67. The Morgan fingerprint density at radius 2 is 0.881 bits per heavy atom. The Labute approximate surface area is 587 Å². The van der Waals surface area contributed by atoms with E-state index >= 15 is 0 Å². The van der Waals surface area contributed by atoms with Gasteiger partial charge in [0.1, 0.15) is 50.6 Å². The first-order valence-corrected chi connectivity index (χ1v) is 33.3. The number of ether oxygens (including phenoxy) is 8. The first-order chi connectivity index (χ1) is 48.3. The third-order valence-corrected chi connectivity index (χ3v) is 17.2. The molecule has 4 aromatic carbocycles. The van der Waals surface area contributed by atoms with Crippen molar-refractivity contribution >= 4 is 82.6 Å². The molecule has 101 heavy (non-hydrogen) atoms. The number of carbonyl (C=O) groups is 10. The monoisotopic (exact) mass is 1390 g/mol. The molecular formula is C73H90N10O18. The lowest BCUT2D eigenvalue weighted by molar-refractivity contribution is -0.128. The lowest BCUT2D eigenvalue weighted by Gasteiger charge is -2.26. The Morgan fingerprint density at radius 1 is 0.505 bits per heavy atom. The lowest BCUT2D eigenvalue weighted by atomic mass is 10.0. The van der Waals surface area contributed by atoms with Crippen LogP contribution < -0.4 is 60.6 Å². The van der Waals surface area contributed by atoms with E-state index in [4.69, 9.17) is 37.9 Å². The second kappa shape index (κ2) is 35.1. The van der Waals surface area contributed by atoms with Crippen molar-refractivity contribution in [2.24, 2.45) is 11.8 Å². The average molecular weight is 1400 g/mol. The second-order valence-corrected chi connectivity index (χ2v) is 25.5. The SMILES string of the molecule is C=CCOC(=O)N[C@H](C(=O)N[C@@H](C)C(=O)Nc1ccc(COC(=O)N2C[C@@H]3CC(=C)CN3C(=O)c3cc(OC)c(OCCCCCOc4cc5c(cc4OC)C(=O)N4CC(=C)C[C@H]4CN5C(=O)OCc4ccc(NC(=O)[C@H](C)NC(=O)[C@@H](NC(=O)OCC=C)C(C)C)cc4)cc32)cc1)C(C)C. The second-order valence-electron chi connectivity index (χ2n) is 25.5. The highest BCUT2D eigenvalue weighted by atomic mass is 16.6. The Balaban J connectivity index is 0.859. The zero-order valence-electron chi connectivity index (χ0n) is 58.3. The minimum Gasteiger partial charge on any atom is -0.493 e. The highest BCUT2D eigenvalue weighted by molar-refractivity contribution is 6.07. The molecule has 6 N–H and O–H groups in total. The number of carbonyl (C=O) groups excluding carboxylic acids is 10. The molecule has 8 rings (SSSR count). The number of rotatable bonds is 30. The molecule has 0 aliphatic carbocycles. The van der Waals surface area contributed by atoms with Crippen LogP contribution >= 0.6 is 0 Å². The molecule has 0 aromatic heterocycles. The van der Waals surface area contributed by atoms with Gasteiger partial charge in [-0.15, -0.1) is 0 Å². The predicted octanol–water partition coefficient (Wildman–Crippen LogP) is 8.95. The van der Waals surface area contributed by atoms with E-state index in [1.807, 2.05) is 0 Å². The summed E-state index contributed by atoms with van der Waals surface area (Å²) in [6.45, 7) is 26.1. The van der Waals surface area contributed by atoms with Gasteiger partial charge in [-0.05, 0) is 105 Å². The summed E-state index contributed by atoms with van der Waals surface area (Å²) in [6.07, 6.45) is 2.40. The number of anilines is 4. The molecule has 4 aromatic rings. The van der Waals surface area contributed by atoms with Gasteiger partial charge in [0.05, 0.1) is 75.1 Å². The quantitative estimate of drug-likeness (QED) is 0.0161. The van der Waals surface area contributed by atoms with Crippen LogP contribution in [-0.2, 0) is 51.3 Å². The van der Waals surface area contributed by atoms with Crippen molar-refractivity contribution in [1.82, 2.24) is 31.1 Å². The highest BCUT2D eigenvalue weighted by Gasteiger charge is 2.43. The predicted molar refractivity (Wildman–Crippen MR) is 375 cm³/mol. The van der Waals surface area contributed by atoms with Crippen molar-refractivity contribution < 1.29 is 85.8 Å². The Kier molecular flexibility index (Phi) is 26.3. The van der Waals surface area contributed by atoms with Gasteiger partial charge in [-0.1, -0.05) is 102 Å². The summed E-state index contributed by atoms with van der Waals surface area (Å²) in [6, 6.07) is 14.8. The zero-order valence-corrected chi connectivity index (χ0v) is 58.3. The largest absolute Gasteiger partial charge is 0.493 e. The number of alkyl carbamates (subject to hydrolysis) is 2. The molecule has 0 saturated carbocycles. The summed E-state index contributed by atoms with van der Waals surface area (Å²) in [5.74, 6) is -2.32. The summed E-state index contributed by atoms with van der Waals surface area (Å²) in [4.78, 5) is 140. The van der Waals surface area contributed by atoms with Gasteiger partial charge in [-0.3, -0.25) is 38.6 Å². The summed E-state index contributed by atoms with van der Waals surface area (Å²) in [7, 11) is 2.91. The molecule has 540 valence electrons. The normalized spacial score (nSPS) is 16.5. The fourth-order valence-electron chi connectivity index (χ4n) is 11.7. The Bertz CT molecular complexity index is 3540. The van der Waals surface area contributed by atoms with E-state index in [-0.39, 0.29) is 134 Å². The molecular weight excluding hydrogens is 1300 g/mol. The number of unbranched alkanes of at least 4 members (excludes halogenated alkanes) is 2. The fourth-order valence-corrected chi connectivity index (χ4v) is 11.7. The van der Waals surface area contributed by atoms with Crippen LogP contribution in [0.4, 0.5) is 41.9 Å². The van der Waals surface area contributed by atoms with E-state index in [9.17, 15) is 47.9 Å². The van der Waals surface area contributed by atoms with E-state index in [0.29, 0.717) is 67.7 Å². The minimum absolute atomic E-state index is 0.0382. The van der Waals surface area contributed by atoms with E-state index in [2.05, 4.69) is 58.2 Å². The van der Waals surface area contributed by atoms with Crippen molar-refractivity contribution in [3.05, 3.63) is 145 Å². The molecule has 4 aliphatic heterocycles. The van der Waals surface area contributed by atoms with E-state index in [1.165, 1.54) is 50.0 Å². The summed E-state index contributed by atoms with van der Waals surface area (Å²) >= 11 is 0. The number of hydrogen-bond acceptors (Lipinski definition) is 18. The topological polar surface area (TPSA) is 330 Å². The third-order valence-electron chi connectivity index (χ3n) is 17.2. The van der Waals surface area contributed by atoms with Crippen LogP contribution in [0.5, 0.6) is 23.0 Å². The zero-order chi connectivity index (χ0) is 73.2. The Hall–Kier alpha value is -11.1. The molecule has 0 bridgehead atoms. The number of methoxy groups -OCH3 is 2. The maximum absolute atomic E-state index is 14.3. The maximum atomic E-state index is 14.3. The van der Waals surface area contributed by atoms with Crippen LogP contribution in [0.15, 0.2) is 122 Å². The molecule has 6 atom stereocenters. The third kappa shape index (κ3) is 19.7. The van der Waals surface area contributed by atoms with E-state index < -0.39 is 72.2 Å². The Morgan fingerprint density at radius 3 is 1.23 bits per heavy atom. The first kappa shape index (κ1) is 75.7. The van der Waals surface area contributed by atoms with Crippen molar-refractivity contribution in [1.29, 1.82) is 0 Å². The van der Waals surface area contributed by atoms with Crippen LogP contribution in [0, 0.1) is 11.8 Å². The summed E-state index contributed by atoms with van der Waals surface area (Å²) < 4.78 is 45.8. The van der Waals surface area contributed by atoms with Crippen molar-refractivity contribution in [3.63, 3.8) is 0 Å². The van der Waals surface area contributed by atoms with Crippen molar-refractivity contribution in [2.75, 3.05) is 87.3 Å². The highest BCUT2D eigenvalue weighted by Crippen LogP contribution is 2.43. The van der Waals surface area contributed by atoms with Gasteiger partial charge in [0.15, 0.2) is 23.0 Å². The molecule has 4 heterocycles. The number of hydrogen-bond donors (Lipinski definition) is 6. The van der Waals surface area contributed by atoms with Gasteiger partial charge < -0.3 is 79.6 Å². The molecule has 0 unspecified atom stereocenters. The van der Waals surface area contributed by atoms with E-state index in [0.717, 1.165) is 11.1 Å². The standard InChI is InChI=1S/C73H90N10O18/c1-13-26-98-70(90)78-62(42(3)4)66(86)74-46(9)64(84)76-50-22-18-48(19-23-50)40-100-72(92)82-38-52-30-44(7)36-80(52)68(88)54-32-58(94-11)60(34-56(54)82)96-28-16-15-17-29-97-61-35-57-55(33-59(61)95-12)69(89)81-37-45(8)31-53(81)39-83(57)73(93)101-41-49-20-24-51(25-21-49)77-65(85)47(10)75-67(87)63(43(5)6)79-71(91)99-27-14-2/h13-14,18-25,32-35,42-43,46-47,52-53,62-63H,1-2,7-8,15-17,26-31,36-41H2,3-6,9-12H3,(H,74,86)(H,75,87)(H,76,84)(H,77,85)(H,78,90)(H,79,91)/t46-,47-,52-,53-,62-,63-/m0/s1. The van der Waals surface area contributed by atoms with Gasteiger partial charge in [0.2, 0.25) is 23.6 Å². The number of benzene rings is 4. The summed E-state index contributed by atoms with van der Waals surface area (Å²) in [5.41, 5.74) is 4.62. The van der Waals surface area contributed by atoms with Gasteiger partial charge >= 0.3 is 24.4 Å². The molecule has 4 aliphatic rings. The fraction of sp³-hybridized carbons (Fsp3) is 0.425. The van der Waals surface area contributed by atoms with E-state index in [1.54, 1.807) is 110 Å².